The molecule has 0 heterocycles. The summed E-state index contributed by atoms with van der Waals surface area (Å²) in [4.78, 5) is 14.6. The quantitative estimate of drug-likeness (QED) is 0.730. The average Bonchev–Trinajstić information content (AvgIpc) is 2.57. The molecule has 2 rings (SSSR count). The Bertz CT molecular complexity index is 885. The maximum Gasteiger partial charge on any atom is 0.243 e. The first-order chi connectivity index (χ1) is 12.6. The Labute approximate surface area is 162 Å². The number of carbonyl (C=O) groups excluding carboxylic acids is 1. The molecule has 0 aromatic heterocycles. The Balaban J connectivity index is 2.32. The lowest BCUT2D eigenvalue weighted by molar-refractivity contribution is -0.129. The number of rotatable bonds is 7. The Morgan fingerprint density at radius 3 is 2.04 bits per heavy atom. The second kappa shape index (κ2) is 8.57. The molecule has 27 heavy (non-hydrogen) atoms. The zero-order valence-corrected chi connectivity index (χ0v) is 17.5. The number of carbonyl (C=O) groups is 1. The topological polar surface area (TPSA) is 57.7 Å². The first kappa shape index (κ1) is 21.0. The fourth-order valence-corrected chi connectivity index (χ4v) is 4.30. The number of sulfonamides is 1. The van der Waals surface area contributed by atoms with Crippen LogP contribution in [0.3, 0.4) is 0 Å². The molecule has 0 bridgehead atoms. The van der Waals surface area contributed by atoms with E-state index in [9.17, 15) is 13.2 Å². The minimum atomic E-state index is -3.60. The van der Waals surface area contributed by atoms with Crippen molar-refractivity contribution in [2.75, 3.05) is 23.7 Å². The number of anilines is 1. The lowest BCUT2D eigenvalue weighted by atomic mass is 10.1. The van der Waals surface area contributed by atoms with Crippen LogP contribution in [0.1, 0.15) is 29.2 Å². The SMILES string of the molecule is CCN(Cc1ccccc1)C(=O)CN(c1c(C)cc(C)cc1C)S(C)(=O)=O. The summed E-state index contributed by atoms with van der Waals surface area (Å²) in [6, 6.07) is 13.6. The van der Waals surface area contributed by atoms with Gasteiger partial charge in [-0.05, 0) is 44.4 Å². The van der Waals surface area contributed by atoms with E-state index in [1.54, 1.807) is 4.90 Å². The molecule has 0 atom stereocenters. The van der Waals surface area contributed by atoms with Gasteiger partial charge in [-0.15, -0.1) is 0 Å². The molecule has 0 aliphatic heterocycles. The van der Waals surface area contributed by atoms with Crippen molar-refractivity contribution < 1.29 is 13.2 Å². The molecule has 0 aliphatic carbocycles. The minimum Gasteiger partial charge on any atom is -0.337 e. The summed E-state index contributed by atoms with van der Waals surface area (Å²) in [5.74, 6) is -0.217. The smallest absolute Gasteiger partial charge is 0.243 e. The first-order valence-electron chi connectivity index (χ1n) is 9.00. The highest BCUT2D eigenvalue weighted by Crippen LogP contribution is 2.28. The van der Waals surface area contributed by atoms with E-state index in [4.69, 9.17) is 0 Å². The van der Waals surface area contributed by atoms with Gasteiger partial charge in [-0.1, -0.05) is 48.0 Å². The van der Waals surface area contributed by atoms with Gasteiger partial charge in [0.15, 0.2) is 0 Å². The van der Waals surface area contributed by atoms with Gasteiger partial charge >= 0.3 is 0 Å². The number of benzene rings is 2. The largest absolute Gasteiger partial charge is 0.337 e. The van der Waals surface area contributed by atoms with Crippen LogP contribution >= 0.6 is 0 Å². The maximum absolute atomic E-state index is 12.9. The highest BCUT2D eigenvalue weighted by molar-refractivity contribution is 7.92. The molecule has 0 saturated heterocycles. The Morgan fingerprint density at radius 2 is 1.56 bits per heavy atom. The Kier molecular flexibility index (Phi) is 6.65. The molecule has 0 saturated carbocycles. The summed E-state index contributed by atoms with van der Waals surface area (Å²) in [6.45, 7) is 8.38. The van der Waals surface area contributed by atoms with Crippen LogP contribution in [-0.2, 0) is 21.4 Å². The van der Waals surface area contributed by atoms with Gasteiger partial charge in [-0.2, -0.15) is 0 Å². The van der Waals surface area contributed by atoms with E-state index in [-0.39, 0.29) is 12.5 Å². The third kappa shape index (κ3) is 5.32. The van der Waals surface area contributed by atoms with Crippen LogP contribution < -0.4 is 4.31 Å². The predicted octanol–water partition coefficient (Wildman–Crippen LogP) is 3.43. The molecule has 0 aliphatic rings. The average molecular weight is 389 g/mol. The number of amides is 1. The molecule has 146 valence electrons. The van der Waals surface area contributed by atoms with Gasteiger partial charge in [-0.3, -0.25) is 9.10 Å². The van der Waals surface area contributed by atoms with Gasteiger partial charge in [0, 0.05) is 13.1 Å². The lowest BCUT2D eigenvalue weighted by Crippen LogP contribution is -2.43. The predicted molar refractivity (Wildman–Crippen MR) is 110 cm³/mol. The van der Waals surface area contributed by atoms with Gasteiger partial charge < -0.3 is 4.90 Å². The first-order valence-corrected chi connectivity index (χ1v) is 10.9. The number of likely N-dealkylation sites (N-methyl/N-ethyl adjacent to an activating group) is 1. The molecule has 2 aromatic rings. The summed E-state index contributed by atoms with van der Waals surface area (Å²) in [5.41, 5.74) is 4.36. The van der Waals surface area contributed by atoms with E-state index in [1.165, 1.54) is 4.31 Å². The van der Waals surface area contributed by atoms with Crippen LogP contribution in [0.15, 0.2) is 42.5 Å². The summed E-state index contributed by atoms with van der Waals surface area (Å²) in [6.07, 6.45) is 1.15. The van der Waals surface area contributed by atoms with Crippen molar-refractivity contribution >= 4 is 21.6 Å². The van der Waals surface area contributed by atoms with E-state index >= 15 is 0 Å². The zero-order valence-electron chi connectivity index (χ0n) is 16.7. The normalized spacial score (nSPS) is 11.3. The van der Waals surface area contributed by atoms with Crippen molar-refractivity contribution in [3.05, 3.63) is 64.7 Å². The van der Waals surface area contributed by atoms with Gasteiger partial charge in [0.25, 0.3) is 0 Å². The van der Waals surface area contributed by atoms with Gasteiger partial charge in [0.2, 0.25) is 15.9 Å². The van der Waals surface area contributed by atoms with E-state index in [2.05, 4.69) is 0 Å². The third-order valence-electron chi connectivity index (χ3n) is 4.51. The maximum atomic E-state index is 12.9. The zero-order chi connectivity index (χ0) is 20.2. The van der Waals surface area contributed by atoms with Crippen LogP contribution in [0, 0.1) is 20.8 Å². The van der Waals surface area contributed by atoms with Crippen molar-refractivity contribution in [3.8, 4) is 0 Å². The van der Waals surface area contributed by atoms with Gasteiger partial charge in [0.05, 0.1) is 11.9 Å². The number of aryl methyl sites for hydroxylation is 3. The molecule has 0 N–H and O–H groups in total. The number of hydrogen-bond donors (Lipinski definition) is 0. The molecule has 0 spiro atoms. The molecule has 0 radical (unpaired) electrons. The molecule has 6 heteroatoms. The van der Waals surface area contributed by atoms with Crippen molar-refractivity contribution in [3.63, 3.8) is 0 Å². The number of hydrogen-bond acceptors (Lipinski definition) is 3. The second-order valence-electron chi connectivity index (χ2n) is 6.91. The number of nitrogens with zero attached hydrogens (tertiary/aromatic N) is 2. The van der Waals surface area contributed by atoms with Crippen LogP contribution in [0.5, 0.6) is 0 Å². The summed E-state index contributed by atoms with van der Waals surface area (Å²) in [7, 11) is -3.60. The third-order valence-corrected chi connectivity index (χ3v) is 5.63. The minimum absolute atomic E-state index is 0.204. The fraction of sp³-hybridized carbons (Fsp3) is 0.381. The van der Waals surface area contributed by atoms with Crippen molar-refractivity contribution in [2.45, 2.75) is 34.2 Å². The molecule has 5 nitrogen and oxygen atoms in total. The Hall–Kier alpha value is -2.34. The summed E-state index contributed by atoms with van der Waals surface area (Å²) < 4.78 is 26.2. The van der Waals surface area contributed by atoms with E-state index < -0.39 is 10.0 Å². The molecular weight excluding hydrogens is 360 g/mol. The molecule has 0 fully saturated rings. The van der Waals surface area contributed by atoms with E-state index in [0.717, 1.165) is 28.5 Å². The van der Waals surface area contributed by atoms with Gasteiger partial charge in [-0.25, -0.2) is 8.42 Å². The van der Waals surface area contributed by atoms with E-state index in [1.807, 2.05) is 70.2 Å². The lowest BCUT2D eigenvalue weighted by Gasteiger charge is -2.29. The molecule has 0 unspecified atom stereocenters. The van der Waals surface area contributed by atoms with Crippen LogP contribution in [-0.4, -0.2) is 38.6 Å². The van der Waals surface area contributed by atoms with Crippen molar-refractivity contribution in [1.29, 1.82) is 0 Å². The standard InChI is InChI=1S/C21H28N2O3S/c1-6-22(14-19-10-8-7-9-11-19)20(24)15-23(27(5,25)26)21-17(3)12-16(2)13-18(21)4/h7-13H,6,14-15H2,1-5H3. The summed E-state index contributed by atoms with van der Waals surface area (Å²) in [5, 5.41) is 0. The van der Waals surface area contributed by atoms with Crippen LogP contribution in [0.25, 0.3) is 0 Å². The van der Waals surface area contributed by atoms with E-state index in [0.29, 0.717) is 18.8 Å². The highest BCUT2D eigenvalue weighted by Gasteiger charge is 2.26. The molecule has 1 amide bonds. The highest BCUT2D eigenvalue weighted by atomic mass is 32.2. The fourth-order valence-electron chi connectivity index (χ4n) is 3.33. The van der Waals surface area contributed by atoms with Crippen LogP contribution in [0.2, 0.25) is 0 Å². The van der Waals surface area contributed by atoms with Crippen molar-refractivity contribution in [1.82, 2.24) is 4.90 Å². The van der Waals surface area contributed by atoms with Gasteiger partial charge in [0.1, 0.15) is 6.54 Å². The molecule has 2 aromatic carbocycles. The second-order valence-corrected chi connectivity index (χ2v) is 8.82. The van der Waals surface area contributed by atoms with Crippen molar-refractivity contribution in [2.24, 2.45) is 0 Å². The van der Waals surface area contributed by atoms with Crippen LogP contribution in [0.4, 0.5) is 5.69 Å². The summed E-state index contributed by atoms with van der Waals surface area (Å²) >= 11 is 0. The molecular formula is C21H28N2O3S. The monoisotopic (exact) mass is 388 g/mol. The Morgan fingerprint density at radius 1 is 1.00 bits per heavy atom.